The number of hydrogen-bond acceptors (Lipinski definition) is 4. The van der Waals surface area contributed by atoms with Gasteiger partial charge in [0.2, 0.25) is 11.8 Å². The van der Waals surface area contributed by atoms with Crippen LogP contribution in [0.1, 0.15) is 12.5 Å². The van der Waals surface area contributed by atoms with Crippen LogP contribution in [0.3, 0.4) is 0 Å². The number of nitrogens with zero attached hydrogens (tertiary/aromatic N) is 1. The Labute approximate surface area is 123 Å². The fourth-order valence-corrected chi connectivity index (χ4v) is 2.87. The number of fused-ring (bicyclic) bond motifs is 1. The van der Waals surface area contributed by atoms with Gasteiger partial charge < -0.3 is 15.4 Å². The molecule has 2 aliphatic rings. The van der Waals surface area contributed by atoms with Crippen molar-refractivity contribution in [3.05, 3.63) is 29.8 Å². The van der Waals surface area contributed by atoms with E-state index in [9.17, 15) is 9.59 Å². The zero-order chi connectivity index (χ0) is 14.8. The van der Waals surface area contributed by atoms with Crippen molar-refractivity contribution < 1.29 is 14.3 Å². The summed E-state index contributed by atoms with van der Waals surface area (Å²) in [5, 5.41) is 5.72. The zero-order valence-corrected chi connectivity index (χ0v) is 12.0. The Bertz CT molecular complexity index is 544. The minimum absolute atomic E-state index is 0.0299. The summed E-state index contributed by atoms with van der Waals surface area (Å²) in [5.41, 5.74) is 1.98. The third-order valence-electron chi connectivity index (χ3n) is 3.80. The molecule has 21 heavy (non-hydrogen) atoms. The normalized spacial score (nSPS) is 25.3. The van der Waals surface area contributed by atoms with Gasteiger partial charge in [0.15, 0.2) is 0 Å². The molecular weight excluding hydrogens is 270 g/mol. The summed E-state index contributed by atoms with van der Waals surface area (Å²) in [6, 6.07) is 7.92. The Kier molecular flexibility index (Phi) is 3.90. The first kappa shape index (κ1) is 14.0. The molecule has 2 atom stereocenters. The van der Waals surface area contributed by atoms with E-state index in [4.69, 9.17) is 4.74 Å². The van der Waals surface area contributed by atoms with Gasteiger partial charge in [0.1, 0.15) is 6.61 Å². The summed E-state index contributed by atoms with van der Waals surface area (Å²) in [7, 11) is 0. The standard InChI is InChI=1S/C15H19N3O3/c1-10(19)16-12-4-2-11(3-5-12)6-18-7-13-14(8-18)21-9-15(20)17-13/h2-5,13-14H,6-9H2,1H3,(H,16,19)(H,17,20)/t13-,14-/m1/s1. The summed E-state index contributed by atoms with van der Waals surface area (Å²) in [4.78, 5) is 24.6. The topological polar surface area (TPSA) is 70.7 Å². The Morgan fingerprint density at radius 3 is 2.86 bits per heavy atom. The molecule has 6 nitrogen and oxygen atoms in total. The highest BCUT2D eigenvalue weighted by Crippen LogP contribution is 2.19. The average Bonchev–Trinajstić information content (AvgIpc) is 2.82. The van der Waals surface area contributed by atoms with Crippen LogP contribution in [0.15, 0.2) is 24.3 Å². The van der Waals surface area contributed by atoms with Crippen LogP contribution < -0.4 is 10.6 Å². The molecule has 0 radical (unpaired) electrons. The minimum atomic E-state index is -0.0701. The van der Waals surface area contributed by atoms with Crippen molar-refractivity contribution in [2.75, 3.05) is 25.0 Å². The predicted octanol–water partition coefficient (Wildman–Crippen LogP) is 0.344. The van der Waals surface area contributed by atoms with Crippen LogP contribution >= 0.6 is 0 Å². The lowest BCUT2D eigenvalue weighted by Gasteiger charge is -2.25. The smallest absolute Gasteiger partial charge is 0.246 e. The molecule has 0 aromatic heterocycles. The lowest BCUT2D eigenvalue weighted by Crippen LogP contribution is -2.50. The molecule has 2 saturated heterocycles. The van der Waals surface area contributed by atoms with E-state index in [1.54, 1.807) is 0 Å². The first-order valence-electron chi connectivity index (χ1n) is 7.10. The molecule has 2 N–H and O–H groups in total. The molecule has 0 spiro atoms. The molecule has 0 aliphatic carbocycles. The Morgan fingerprint density at radius 1 is 1.38 bits per heavy atom. The van der Waals surface area contributed by atoms with E-state index in [2.05, 4.69) is 15.5 Å². The van der Waals surface area contributed by atoms with E-state index in [0.717, 1.165) is 25.3 Å². The zero-order valence-electron chi connectivity index (χ0n) is 12.0. The predicted molar refractivity (Wildman–Crippen MR) is 77.7 cm³/mol. The Morgan fingerprint density at radius 2 is 2.14 bits per heavy atom. The molecule has 3 rings (SSSR count). The van der Waals surface area contributed by atoms with Crippen LogP contribution in [0.25, 0.3) is 0 Å². The van der Waals surface area contributed by atoms with Crippen molar-refractivity contribution >= 4 is 17.5 Å². The van der Waals surface area contributed by atoms with Crippen LogP contribution in [0.5, 0.6) is 0 Å². The highest BCUT2D eigenvalue weighted by molar-refractivity contribution is 5.88. The molecule has 6 heteroatoms. The van der Waals surface area contributed by atoms with Crippen LogP contribution in [0.2, 0.25) is 0 Å². The maximum absolute atomic E-state index is 11.3. The summed E-state index contributed by atoms with van der Waals surface area (Å²) in [6.45, 7) is 4.11. The second-order valence-corrected chi connectivity index (χ2v) is 5.60. The highest BCUT2D eigenvalue weighted by atomic mass is 16.5. The summed E-state index contributed by atoms with van der Waals surface area (Å²) >= 11 is 0. The van der Waals surface area contributed by atoms with Gasteiger partial charge in [0.25, 0.3) is 0 Å². The van der Waals surface area contributed by atoms with Crippen molar-refractivity contribution in [2.45, 2.75) is 25.6 Å². The lowest BCUT2D eigenvalue weighted by atomic mass is 10.2. The highest BCUT2D eigenvalue weighted by Gasteiger charge is 2.37. The molecule has 2 fully saturated rings. The first-order valence-corrected chi connectivity index (χ1v) is 7.10. The largest absolute Gasteiger partial charge is 0.365 e. The van der Waals surface area contributed by atoms with Gasteiger partial charge in [-0.05, 0) is 17.7 Å². The summed E-state index contributed by atoms with van der Waals surface area (Å²) in [6.07, 6.45) is 0.0985. The lowest BCUT2D eigenvalue weighted by molar-refractivity contribution is -0.134. The minimum Gasteiger partial charge on any atom is -0.365 e. The molecule has 2 heterocycles. The Balaban J connectivity index is 1.57. The summed E-state index contributed by atoms with van der Waals surface area (Å²) < 4.78 is 5.54. The van der Waals surface area contributed by atoms with Crippen molar-refractivity contribution in [3.63, 3.8) is 0 Å². The number of anilines is 1. The van der Waals surface area contributed by atoms with Gasteiger partial charge in [-0.2, -0.15) is 0 Å². The van der Waals surface area contributed by atoms with Crippen LogP contribution in [0.4, 0.5) is 5.69 Å². The number of carbonyl (C=O) groups excluding carboxylic acids is 2. The monoisotopic (exact) mass is 289 g/mol. The van der Waals surface area contributed by atoms with Gasteiger partial charge in [0, 0.05) is 32.2 Å². The number of carbonyl (C=O) groups is 2. The molecule has 0 bridgehead atoms. The van der Waals surface area contributed by atoms with Crippen LogP contribution in [-0.2, 0) is 20.9 Å². The van der Waals surface area contributed by atoms with Crippen LogP contribution in [-0.4, -0.2) is 48.6 Å². The average molecular weight is 289 g/mol. The second-order valence-electron chi connectivity index (χ2n) is 5.60. The third kappa shape index (κ3) is 3.40. The van der Waals surface area contributed by atoms with Crippen molar-refractivity contribution in [3.8, 4) is 0 Å². The number of rotatable bonds is 3. The maximum atomic E-state index is 11.3. The van der Waals surface area contributed by atoms with Gasteiger partial charge in [0.05, 0.1) is 12.1 Å². The number of morpholine rings is 1. The van der Waals surface area contributed by atoms with Gasteiger partial charge in [-0.25, -0.2) is 0 Å². The summed E-state index contributed by atoms with van der Waals surface area (Å²) in [5.74, 6) is -0.1000. The molecule has 2 amide bonds. The molecule has 0 unspecified atom stereocenters. The second kappa shape index (κ2) is 5.83. The fraction of sp³-hybridized carbons (Fsp3) is 0.467. The van der Waals surface area contributed by atoms with E-state index in [1.807, 2.05) is 24.3 Å². The van der Waals surface area contributed by atoms with Crippen LogP contribution in [0, 0.1) is 0 Å². The fourth-order valence-electron chi connectivity index (χ4n) is 2.87. The molecular formula is C15H19N3O3. The van der Waals surface area contributed by atoms with E-state index < -0.39 is 0 Å². The van der Waals surface area contributed by atoms with Crippen molar-refractivity contribution in [2.24, 2.45) is 0 Å². The number of ether oxygens (including phenoxy) is 1. The maximum Gasteiger partial charge on any atom is 0.246 e. The molecule has 112 valence electrons. The Hall–Kier alpha value is -1.92. The quantitative estimate of drug-likeness (QED) is 0.842. The number of amides is 2. The molecule has 2 aliphatic heterocycles. The van der Waals surface area contributed by atoms with Gasteiger partial charge >= 0.3 is 0 Å². The van der Waals surface area contributed by atoms with Gasteiger partial charge in [-0.1, -0.05) is 12.1 Å². The molecule has 1 aromatic carbocycles. The molecule has 0 saturated carbocycles. The molecule has 1 aromatic rings. The first-order chi connectivity index (χ1) is 10.1. The van der Waals surface area contributed by atoms with E-state index >= 15 is 0 Å². The number of likely N-dealkylation sites (tertiary alicyclic amines) is 1. The van der Waals surface area contributed by atoms with E-state index in [1.165, 1.54) is 12.5 Å². The van der Waals surface area contributed by atoms with Gasteiger partial charge in [-0.3, -0.25) is 14.5 Å². The van der Waals surface area contributed by atoms with Crippen molar-refractivity contribution in [1.82, 2.24) is 10.2 Å². The third-order valence-corrected chi connectivity index (χ3v) is 3.80. The number of benzene rings is 1. The SMILES string of the molecule is CC(=O)Nc1ccc(CN2C[C@H]3NC(=O)CO[C@@H]3C2)cc1. The van der Waals surface area contributed by atoms with E-state index in [0.29, 0.717) is 0 Å². The van der Waals surface area contributed by atoms with E-state index in [-0.39, 0.29) is 30.6 Å². The van der Waals surface area contributed by atoms with Gasteiger partial charge in [-0.15, -0.1) is 0 Å². The van der Waals surface area contributed by atoms with Crippen molar-refractivity contribution in [1.29, 1.82) is 0 Å². The number of nitrogens with one attached hydrogen (secondary N) is 2. The number of hydrogen-bond donors (Lipinski definition) is 2.